The van der Waals surface area contributed by atoms with Crippen LogP contribution in [0.2, 0.25) is 5.15 Å². The van der Waals surface area contributed by atoms with Gasteiger partial charge in [0, 0.05) is 11.1 Å². The van der Waals surface area contributed by atoms with Crippen LogP contribution < -0.4 is 0 Å². The van der Waals surface area contributed by atoms with E-state index in [9.17, 15) is 8.78 Å². The Morgan fingerprint density at radius 1 is 0.864 bits per heavy atom. The van der Waals surface area contributed by atoms with E-state index in [-0.39, 0.29) is 16.8 Å². The summed E-state index contributed by atoms with van der Waals surface area (Å²) in [6.45, 7) is -0.816. The summed E-state index contributed by atoms with van der Waals surface area (Å²) in [5, 5.41) is 0.174. The van der Waals surface area contributed by atoms with Gasteiger partial charge in [-0.05, 0) is 29.8 Å². The Labute approximate surface area is 131 Å². The maximum atomic E-state index is 13.1. The second kappa shape index (κ2) is 6.20. The first kappa shape index (κ1) is 14.6. The fourth-order valence-electron chi connectivity index (χ4n) is 2.21. The molecule has 0 spiro atoms. The highest BCUT2D eigenvalue weighted by atomic mass is 35.5. The first-order valence-corrected chi connectivity index (χ1v) is 7.00. The number of hydrogen-bond acceptors (Lipinski definition) is 2. The molecule has 3 rings (SSSR count). The standard InChI is InChI=1S/C17H11ClF2N2/c18-17-15(11-4-2-1-3-5-11)16(21-14(10-19)22-17)12-6-8-13(20)9-7-12/h1-9H,10H2. The van der Waals surface area contributed by atoms with Crippen LogP contribution in [0.15, 0.2) is 54.6 Å². The minimum Gasteiger partial charge on any atom is -0.242 e. The third-order valence-electron chi connectivity index (χ3n) is 3.21. The molecule has 0 atom stereocenters. The van der Waals surface area contributed by atoms with E-state index < -0.39 is 6.67 Å². The molecule has 0 radical (unpaired) electrons. The molecule has 22 heavy (non-hydrogen) atoms. The SMILES string of the molecule is FCc1nc(Cl)c(-c2ccccc2)c(-c2ccc(F)cc2)n1. The predicted octanol–water partition coefficient (Wildman–Crippen LogP) is 5.07. The van der Waals surface area contributed by atoms with Gasteiger partial charge in [-0.2, -0.15) is 0 Å². The normalized spacial score (nSPS) is 10.7. The maximum Gasteiger partial charge on any atom is 0.161 e. The van der Waals surface area contributed by atoms with Crippen LogP contribution in [0.25, 0.3) is 22.4 Å². The van der Waals surface area contributed by atoms with E-state index in [4.69, 9.17) is 11.6 Å². The van der Waals surface area contributed by atoms with Crippen LogP contribution in [-0.2, 0) is 6.67 Å². The van der Waals surface area contributed by atoms with Gasteiger partial charge in [0.05, 0.1) is 5.69 Å². The van der Waals surface area contributed by atoms with Gasteiger partial charge in [-0.25, -0.2) is 18.7 Å². The largest absolute Gasteiger partial charge is 0.242 e. The van der Waals surface area contributed by atoms with E-state index in [0.717, 1.165) is 5.56 Å². The Bertz CT molecular complexity index is 790. The Balaban J connectivity index is 2.26. The fraction of sp³-hybridized carbons (Fsp3) is 0.0588. The smallest absolute Gasteiger partial charge is 0.161 e. The van der Waals surface area contributed by atoms with Gasteiger partial charge in [-0.15, -0.1) is 0 Å². The second-order valence-electron chi connectivity index (χ2n) is 4.66. The zero-order chi connectivity index (χ0) is 15.5. The highest BCUT2D eigenvalue weighted by molar-refractivity contribution is 6.32. The summed E-state index contributed by atoms with van der Waals surface area (Å²) in [6, 6.07) is 15.2. The first-order chi connectivity index (χ1) is 10.7. The number of alkyl halides is 1. The minimum absolute atomic E-state index is 0.00371. The Morgan fingerprint density at radius 3 is 2.18 bits per heavy atom. The van der Waals surface area contributed by atoms with Crippen molar-refractivity contribution in [3.05, 3.63) is 71.4 Å². The van der Waals surface area contributed by atoms with Crippen molar-refractivity contribution in [2.45, 2.75) is 6.67 Å². The number of halogens is 3. The highest BCUT2D eigenvalue weighted by Crippen LogP contribution is 2.35. The molecule has 1 aromatic heterocycles. The minimum atomic E-state index is -0.816. The van der Waals surface area contributed by atoms with Gasteiger partial charge >= 0.3 is 0 Å². The Morgan fingerprint density at radius 2 is 1.55 bits per heavy atom. The molecule has 0 bridgehead atoms. The van der Waals surface area contributed by atoms with Gasteiger partial charge in [0.15, 0.2) is 5.82 Å². The lowest BCUT2D eigenvalue weighted by Crippen LogP contribution is -1.99. The molecule has 0 aliphatic rings. The monoisotopic (exact) mass is 316 g/mol. The zero-order valence-corrected chi connectivity index (χ0v) is 12.2. The van der Waals surface area contributed by atoms with Crippen LogP contribution >= 0.6 is 11.6 Å². The lowest BCUT2D eigenvalue weighted by molar-refractivity contribution is 0.466. The Kier molecular flexibility index (Phi) is 4.11. The van der Waals surface area contributed by atoms with Crippen molar-refractivity contribution in [2.24, 2.45) is 0 Å². The number of hydrogen-bond donors (Lipinski definition) is 0. The van der Waals surface area contributed by atoms with Gasteiger partial charge in [0.2, 0.25) is 0 Å². The third kappa shape index (κ3) is 2.83. The molecule has 0 unspecified atom stereocenters. The summed E-state index contributed by atoms with van der Waals surface area (Å²) in [4.78, 5) is 8.21. The fourth-order valence-corrected chi connectivity index (χ4v) is 2.51. The lowest BCUT2D eigenvalue weighted by atomic mass is 10.0. The van der Waals surface area contributed by atoms with Crippen LogP contribution in [0.1, 0.15) is 5.82 Å². The molecule has 110 valence electrons. The van der Waals surface area contributed by atoms with E-state index in [1.54, 1.807) is 12.1 Å². The van der Waals surface area contributed by atoms with Crippen LogP contribution in [0, 0.1) is 5.82 Å². The number of rotatable bonds is 3. The molecular formula is C17H11ClF2N2. The average molecular weight is 317 g/mol. The summed E-state index contributed by atoms with van der Waals surface area (Å²) >= 11 is 6.24. The topological polar surface area (TPSA) is 25.8 Å². The van der Waals surface area contributed by atoms with E-state index >= 15 is 0 Å². The molecule has 0 saturated heterocycles. The molecule has 0 aliphatic heterocycles. The van der Waals surface area contributed by atoms with Crippen LogP contribution in [-0.4, -0.2) is 9.97 Å². The molecule has 0 aliphatic carbocycles. The van der Waals surface area contributed by atoms with Gasteiger partial charge in [-0.1, -0.05) is 41.9 Å². The van der Waals surface area contributed by atoms with Crippen molar-refractivity contribution in [1.82, 2.24) is 9.97 Å². The molecule has 2 aromatic carbocycles. The molecule has 0 N–H and O–H groups in total. The summed E-state index contributed by atoms with van der Waals surface area (Å²) < 4.78 is 26.1. The Hall–Kier alpha value is -2.33. The maximum absolute atomic E-state index is 13.1. The van der Waals surface area contributed by atoms with Crippen molar-refractivity contribution in [3.63, 3.8) is 0 Å². The second-order valence-corrected chi connectivity index (χ2v) is 5.02. The van der Waals surface area contributed by atoms with Gasteiger partial charge < -0.3 is 0 Å². The van der Waals surface area contributed by atoms with Crippen molar-refractivity contribution in [3.8, 4) is 22.4 Å². The highest BCUT2D eigenvalue weighted by Gasteiger charge is 2.16. The van der Waals surface area contributed by atoms with E-state index in [2.05, 4.69) is 9.97 Å². The average Bonchev–Trinajstić information content (AvgIpc) is 2.55. The van der Waals surface area contributed by atoms with Gasteiger partial charge in [0.1, 0.15) is 17.6 Å². The van der Waals surface area contributed by atoms with Crippen LogP contribution in [0.4, 0.5) is 8.78 Å². The van der Waals surface area contributed by atoms with Gasteiger partial charge in [0.25, 0.3) is 0 Å². The molecule has 2 nitrogen and oxygen atoms in total. The quantitative estimate of drug-likeness (QED) is 0.630. The summed E-state index contributed by atoms with van der Waals surface area (Å²) in [5.74, 6) is -0.347. The number of aromatic nitrogens is 2. The summed E-state index contributed by atoms with van der Waals surface area (Å²) in [6.07, 6.45) is 0. The third-order valence-corrected chi connectivity index (χ3v) is 3.48. The summed E-state index contributed by atoms with van der Waals surface area (Å²) in [7, 11) is 0. The predicted molar refractivity (Wildman–Crippen MR) is 82.7 cm³/mol. The molecule has 0 fully saturated rings. The summed E-state index contributed by atoms with van der Waals surface area (Å²) in [5.41, 5.74) is 2.56. The molecule has 1 heterocycles. The van der Waals surface area contributed by atoms with Crippen molar-refractivity contribution < 1.29 is 8.78 Å². The van der Waals surface area contributed by atoms with Crippen molar-refractivity contribution in [1.29, 1.82) is 0 Å². The van der Waals surface area contributed by atoms with E-state index in [0.29, 0.717) is 16.8 Å². The van der Waals surface area contributed by atoms with Crippen LogP contribution in [0.3, 0.4) is 0 Å². The van der Waals surface area contributed by atoms with E-state index in [1.165, 1.54) is 12.1 Å². The van der Waals surface area contributed by atoms with Crippen molar-refractivity contribution in [2.75, 3.05) is 0 Å². The number of benzene rings is 2. The lowest BCUT2D eigenvalue weighted by Gasteiger charge is -2.12. The molecule has 0 saturated carbocycles. The first-order valence-electron chi connectivity index (χ1n) is 6.63. The molecule has 5 heteroatoms. The number of nitrogens with zero attached hydrogens (tertiary/aromatic N) is 2. The zero-order valence-electron chi connectivity index (χ0n) is 11.4. The molecular weight excluding hydrogens is 306 g/mol. The van der Waals surface area contributed by atoms with Gasteiger partial charge in [-0.3, -0.25) is 0 Å². The van der Waals surface area contributed by atoms with Crippen molar-refractivity contribution >= 4 is 11.6 Å². The van der Waals surface area contributed by atoms with Crippen LogP contribution in [0.5, 0.6) is 0 Å². The van der Waals surface area contributed by atoms with E-state index in [1.807, 2.05) is 30.3 Å². The molecule has 0 amide bonds. The molecule has 3 aromatic rings.